The number of nitrogens with zero attached hydrogens (tertiary/aromatic N) is 2. The summed E-state index contributed by atoms with van der Waals surface area (Å²) in [5.41, 5.74) is 1.62. The Bertz CT molecular complexity index is 1090. The van der Waals surface area contributed by atoms with Gasteiger partial charge in [-0.3, -0.25) is 10.1 Å². The van der Waals surface area contributed by atoms with Crippen molar-refractivity contribution in [3.05, 3.63) is 105 Å². The van der Waals surface area contributed by atoms with Gasteiger partial charge in [0.05, 0.1) is 16.6 Å². The van der Waals surface area contributed by atoms with Crippen LogP contribution >= 0.6 is 0 Å². The Hall–Kier alpha value is -3.98. The van der Waals surface area contributed by atoms with Crippen LogP contribution in [0.25, 0.3) is 11.6 Å². The third kappa shape index (κ3) is 4.40. The fourth-order valence-corrected chi connectivity index (χ4v) is 2.62. The molecular weight excluding hydrogens is 359 g/mol. The largest absolute Gasteiger partial charge is 0.488 e. The first-order chi connectivity index (χ1) is 13.6. The molecule has 0 saturated carbocycles. The Morgan fingerprint density at radius 1 is 1.11 bits per heavy atom. The summed E-state index contributed by atoms with van der Waals surface area (Å²) in [5.74, 6) is 0.119. The standard InChI is InChI=1S/C22H15FN2O3/c23-21-10-3-1-7-18(21)15-28-22-11-4-2-6-17(22)12-19(14-24)16-8-5-9-20(13-16)25(26)27/h1-13H,15H2/b19-12-. The lowest BCUT2D eigenvalue weighted by molar-refractivity contribution is -0.384. The highest BCUT2D eigenvalue weighted by Crippen LogP contribution is 2.27. The van der Waals surface area contributed by atoms with Crippen molar-refractivity contribution in [2.45, 2.75) is 6.61 Å². The van der Waals surface area contributed by atoms with Gasteiger partial charge in [0.2, 0.25) is 0 Å². The van der Waals surface area contributed by atoms with Crippen LogP contribution in [0.4, 0.5) is 10.1 Å². The molecule has 0 unspecified atom stereocenters. The average Bonchev–Trinajstić information content (AvgIpc) is 2.72. The van der Waals surface area contributed by atoms with Crippen LogP contribution < -0.4 is 4.74 Å². The van der Waals surface area contributed by atoms with E-state index < -0.39 is 4.92 Å². The van der Waals surface area contributed by atoms with Gasteiger partial charge in [-0.2, -0.15) is 5.26 Å². The smallest absolute Gasteiger partial charge is 0.270 e. The summed E-state index contributed by atoms with van der Waals surface area (Å²) in [6.45, 7) is 0.0379. The molecule has 0 bridgehead atoms. The summed E-state index contributed by atoms with van der Waals surface area (Å²) < 4.78 is 19.5. The zero-order chi connectivity index (χ0) is 19.9. The number of hydrogen-bond acceptors (Lipinski definition) is 4. The van der Waals surface area contributed by atoms with Crippen molar-refractivity contribution in [2.24, 2.45) is 0 Å². The topological polar surface area (TPSA) is 76.2 Å². The number of hydrogen-bond donors (Lipinski definition) is 0. The Kier molecular flexibility index (Phi) is 5.78. The number of non-ortho nitro benzene ring substituents is 1. The summed E-state index contributed by atoms with van der Waals surface area (Å²) in [6, 6.07) is 21.3. The van der Waals surface area contributed by atoms with Crippen molar-refractivity contribution in [2.75, 3.05) is 0 Å². The van der Waals surface area contributed by atoms with E-state index in [9.17, 15) is 19.8 Å². The number of nitriles is 1. The van der Waals surface area contributed by atoms with Gasteiger partial charge >= 0.3 is 0 Å². The maximum absolute atomic E-state index is 13.8. The quantitative estimate of drug-likeness (QED) is 0.251. The minimum absolute atomic E-state index is 0.0379. The van der Waals surface area contributed by atoms with Gasteiger partial charge in [-0.05, 0) is 23.8 Å². The van der Waals surface area contributed by atoms with Crippen molar-refractivity contribution >= 4 is 17.3 Å². The van der Waals surface area contributed by atoms with Gasteiger partial charge < -0.3 is 4.74 Å². The van der Waals surface area contributed by atoms with Crippen LogP contribution in [0.5, 0.6) is 5.75 Å². The molecular formula is C22H15FN2O3. The van der Waals surface area contributed by atoms with Crippen LogP contribution in [0.3, 0.4) is 0 Å². The summed E-state index contributed by atoms with van der Waals surface area (Å²) in [6.07, 6.45) is 1.59. The van der Waals surface area contributed by atoms with Crippen LogP contribution in [0.2, 0.25) is 0 Å². The molecule has 0 radical (unpaired) electrons. The maximum atomic E-state index is 13.8. The maximum Gasteiger partial charge on any atom is 0.270 e. The molecule has 138 valence electrons. The van der Waals surface area contributed by atoms with Gasteiger partial charge in [0.1, 0.15) is 18.2 Å². The summed E-state index contributed by atoms with van der Waals surface area (Å²) in [7, 11) is 0. The van der Waals surface area contributed by atoms with Gasteiger partial charge in [-0.1, -0.05) is 48.5 Å². The molecule has 3 aromatic rings. The van der Waals surface area contributed by atoms with E-state index in [-0.39, 0.29) is 23.7 Å². The molecule has 6 heteroatoms. The molecule has 0 fully saturated rings. The molecule has 0 aliphatic carbocycles. The van der Waals surface area contributed by atoms with Crippen molar-refractivity contribution in [1.82, 2.24) is 0 Å². The highest BCUT2D eigenvalue weighted by atomic mass is 19.1. The molecule has 5 nitrogen and oxygen atoms in total. The Labute approximate surface area is 161 Å². The van der Waals surface area contributed by atoms with Crippen LogP contribution in [0, 0.1) is 27.3 Å². The Morgan fingerprint density at radius 2 is 1.86 bits per heavy atom. The summed E-state index contributed by atoms with van der Waals surface area (Å²) >= 11 is 0. The number of ether oxygens (including phenoxy) is 1. The normalized spacial score (nSPS) is 10.9. The summed E-state index contributed by atoms with van der Waals surface area (Å²) in [5, 5.41) is 20.5. The monoisotopic (exact) mass is 374 g/mol. The van der Waals surface area contributed by atoms with Gasteiger partial charge in [0.15, 0.2) is 0 Å². The van der Waals surface area contributed by atoms with E-state index >= 15 is 0 Å². The fraction of sp³-hybridized carbons (Fsp3) is 0.0455. The van der Waals surface area contributed by atoms with E-state index in [4.69, 9.17) is 4.74 Å². The number of nitro benzene ring substituents is 1. The van der Waals surface area contributed by atoms with E-state index in [0.29, 0.717) is 22.4 Å². The van der Waals surface area contributed by atoms with Crippen LogP contribution in [0.15, 0.2) is 72.8 Å². The lowest BCUT2D eigenvalue weighted by Crippen LogP contribution is -1.99. The molecule has 0 saturated heterocycles. The number of nitro groups is 1. The molecule has 0 amide bonds. The predicted octanol–water partition coefficient (Wildman–Crippen LogP) is 5.38. The lowest BCUT2D eigenvalue weighted by Gasteiger charge is -2.10. The number of allylic oxidation sites excluding steroid dienone is 1. The molecule has 0 aliphatic rings. The van der Waals surface area contributed by atoms with Crippen LogP contribution in [0.1, 0.15) is 16.7 Å². The first kappa shape index (κ1) is 18.8. The molecule has 3 rings (SSSR count). The van der Waals surface area contributed by atoms with Crippen molar-refractivity contribution in [1.29, 1.82) is 5.26 Å². The van der Waals surface area contributed by atoms with Crippen LogP contribution in [-0.4, -0.2) is 4.92 Å². The third-order valence-corrected chi connectivity index (χ3v) is 4.05. The van der Waals surface area contributed by atoms with E-state index in [1.807, 2.05) is 0 Å². The minimum atomic E-state index is -0.510. The zero-order valence-corrected chi connectivity index (χ0v) is 14.7. The second kappa shape index (κ2) is 8.60. The van der Waals surface area contributed by atoms with Gasteiger partial charge in [-0.25, -0.2) is 4.39 Å². The molecule has 0 aliphatic heterocycles. The first-order valence-electron chi connectivity index (χ1n) is 8.40. The number of benzene rings is 3. The van der Waals surface area contributed by atoms with E-state index in [1.54, 1.807) is 54.6 Å². The molecule has 0 N–H and O–H groups in total. The van der Waals surface area contributed by atoms with Crippen LogP contribution in [-0.2, 0) is 6.61 Å². The average molecular weight is 374 g/mol. The molecule has 28 heavy (non-hydrogen) atoms. The number of rotatable bonds is 6. The van der Waals surface area contributed by atoms with Gasteiger partial charge in [0.25, 0.3) is 5.69 Å². The van der Waals surface area contributed by atoms with E-state index in [2.05, 4.69) is 6.07 Å². The van der Waals surface area contributed by atoms with Gasteiger partial charge in [0, 0.05) is 23.3 Å². The molecule has 0 aromatic heterocycles. The first-order valence-corrected chi connectivity index (χ1v) is 8.40. The van der Waals surface area contributed by atoms with Gasteiger partial charge in [-0.15, -0.1) is 0 Å². The second-order valence-electron chi connectivity index (χ2n) is 5.90. The van der Waals surface area contributed by atoms with E-state index in [0.717, 1.165) is 0 Å². The second-order valence-corrected chi connectivity index (χ2v) is 5.90. The van der Waals surface area contributed by atoms with Crippen molar-refractivity contribution < 1.29 is 14.1 Å². The molecule has 0 atom stereocenters. The molecule has 0 heterocycles. The third-order valence-electron chi connectivity index (χ3n) is 4.05. The Balaban J connectivity index is 1.91. The molecule has 3 aromatic carbocycles. The number of halogens is 1. The van der Waals surface area contributed by atoms with Crippen molar-refractivity contribution in [3.8, 4) is 11.8 Å². The van der Waals surface area contributed by atoms with Crippen molar-refractivity contribution in [3.63, 3.8) is 0 Å². The Morgan fingerprint density at radius 3 is 2.61 bits per heavy atom. The van der Waals surface area contributed by atoms with E-state index in [1.165, 1.54) is 24.3 Å². The predicted molar refractivity (Wildman–Crippen MR) is 104 cm³/mol. The SMILES string of the molecule is N#C/C(=C/c1ccccc1OCc1ccccc1F)c1cccc([N+](=O)[O-])c1. The summed E-state index contributed by atoms with van der Waals surface area (Å²) in [4.78, 5) is 10.5. The fourth-order valence-electron chi connectivity index (χ4n) is 2.62. The number of para-hydroxylation sites is 1. The highest BCUT2D eigenvalue weighted by Gasteiger charge is 2.10. The molecule has 0 spiro atoms. The minimum Gasteiger partial charge on any atom is -0.488 e. The lowest BCUT2D eigenvalue weighted by atomic mass is 10.0. The highest BCUT2D eigenvalue weighted by molar-refractivity contribution is 5.91. The zero-order valence-electron chi connectivity index (χ0n) is 14.7.